The van der Waals surface area contributed by atoms with Crippen molar-refractivity contribution in [2.24, 2.45) is 0 Å². The number of hydrogen-bond donors (Lipinski definition) is 2. The number of alkyl halides is 3. The molecule has 32 heavy (non-hydrogen) atoms. The first kappa shape index (κ1) is 21.6. The summed E-state index contributed by atoms with van der Waals surface area (Å²) in [5.41, 5.74) is 10.7. The number of nitrogens with two attached hydrogens (primary N) is 1. The summed E-state index contributed by atoms with van der Waals surface area (Å²) >= 11 is 1.16. The number of amides is 1. The molecule has 0 radical (unpaired) electrons. The molecule has 2 aromatic carbocycles. The Kier molecular flexibility index (Phi) is 5.52. The van der Waals surface area contributed by atoms with Crippen LogP contribution in [0.4, 0.5) is 24.5 Å². The number of aryl methyl sites for hydroxylation is 2. The number of hydrogen-bond acceptors (Lipinski definition) is 5. The quantitative estimate of drug-likeness (QED) is 0.376. The Morgan fingerprint density at radius 2 is 1.72 bits per heavy atom. The molecule has 0 aliphatic rings. The second-order valence-corrected chi connectivity index (χ2v) is 8.24. The fourth-order valence-corrected chi connectivity index (χ4v) is 4.21. The van der Waals surface area contributed by atoms with E-state index in [0.29, 0.717) is 21.6 Å². The molecule has 1 amide bonds. The van der Waals surface area contributed by atoms with Gasteiger partial charge in [-0.15, -0.1) is 24.5 Å². The van der Waals surface area contributed by atoms with Crippen molar-refractivity contribution in [1.29, 1.82) is 0 Å². The number of anilines is 2. The summed E-state index contributed by atoms with van der Waals surface area (Å²) in [6, 6.07) is 14.8. The lowest BCUT2D eigenvalue weighted by Crippen LogP contribution is -2.17. The number of benzene rings is 2. The van der Waals surface area contributed by atoms with Gasteiger partial charge in [0.1, 0.15) is 15.5 Å². The Labute approximate surface area is 185 Å². The molecule has 2 heterocycles. The Hall–Kier alpha value is -3.59. The van der Waals surface area contributed by atoms with Gasteiger partial charge < -0.3 is 15.8 Å². The molecular weight excluding hydrogens is 439 g/mol. The molecule has 2 aromatic heterocycles. The number of aromatic nitrogens is 1. The highest BCUT2D eigenvalue weighted by molar-refractivity contribution is 7.21. The third kappa shape index (κ3) is 4.52. The third-order valence-electron chi connectivity index (χ3n) is 4.79. The fraction of sp³-hybridized carbons (Fsp3) is 0.130. The summed E-state index contributed by atoms with van der Waals surface area (Å²) in [6.45, 7) is 3.94. The number of carbonyl (C=O) groups is 1. The largest absolute Gasteiger partial charge is 0.573 e. The highest BCUT2D eigenvalue weighted by Crippen LogP contribution is 2.36. The molecule has 0 aliphatic carbocycles. The first-order chi connectivity index (χ1) is 15.1. The third-order valence-corrected chi connectivity index (χ3v) is 5.90. The van der Waals surface area contributed by atoms with Crippen molar-refractivity contribution in [3.8, 4) is 17.0 Å². The minimum atomic E-state index is -4.78. The number of rotatable bonds is 4. The van der Waals surface area contributed by atoms with Crippen molar-refractivity contribution >= 4 is 38.8 Å². The van der Waals surface area contributed by atoms with E-state index in [1.165, 1.54) is 12.1 Å². The van der Waals surface area contributed by atoms with Crippen molar-refractivity contribution in [2.45, 2.75) is 20.2 Å². The average molecular weight is 457 g/mol. The van der Waals surface area contributed by atoms with E-state index < -0.39 is 12.3 Å². The molecule has 0 aliphatic heterocycles. The number of nitrogen functional groups attached to an aromatic ring is 1. The number of thiophene rings is 1. The van der Waals surface area contributed by atoms with E-state index in [2.05, 4.69) is 10.1 Å². The van der Waals surface area contributed by atoms with Gasteiger partial charge in [-0.3, -0.25) is 4.79 Å². The highest BCUT2D eigenvalue weighted by Gasteiger charge is 2.31. The molecule has 5 nitrogen and oxygen atoms in total. The molecule has 4 rings (SSSR count). The predicted octanol–water partition coefficient (Wildman–Crippen LogP) is 6.31. The molecule has 0 spiro atoms. The Morgan fingerprint density at radius 1 is 1.06 bits per heavy atom. The summed E-state index contributed by atoms with van der Waals surface area (Å²) < 4.78 is 40.7. The van der Waals surface area contributed by atoms with E-state index in [1.807, 2.05) is 44.2 Å². The van der Waals surface area contributed by atoms with Crippen LogP contribution in [0, 0.1) is 13.8 Å². The van der Waals surface area contributed by atoms with Gasteiger partial charge in [-0.05, 0) is 49.7 Å². The Bertz CT molecular complexity index is 1300. The zero-order valence-corrected chi connectivity index (χ0v) is 17.9. The van der Waals surface area contributed by atoms with Gasteiger partial charge in [-0.1, -0.05) is 29.8 Å². The van der Waals surface area contributed by atoms with E-state index in [9.17, 15) is 18.0 Å². The summed E-state index contributed by atoms with van der Waals surface area (Å²) in [4.78, 5) is 18.4. The van der Waals surface area contributed by atoms with E-state index in [-0.39, 0.29) is 10.6 Å². The minimum Gasteiger partial charge on any atom is -0.406 e. The maximum Gasteiger partial charge on any atom is 0.573 e. The molecule has 164 valence electrons. The fourth-order valence-electron chi connectivity index (χ4n) is 3.24. The van der Waals surface area contributed by atoms with Crippen LogP contribution in [0.3, 0.4) is 0 Å². The van der Waals surface area contributed by atoms with Crippen molar-refractivity contribution in [2.75, 3.05) is 11.1 Å². The summed E-state index contributed by atoms with van der Waals surface area (Å²) in [5.74, 6) is -0.843. The van der Waals surface area contributed by atoms with Crippen LogP contribution in [0.25, 0.3) is 21.5 Å². The summed E-state index contributed by atoms with van der Waals surface area (Å²) in [5, 5.41) is 3.33. The first-order valence-corrected chi connectivity index (χ1v) is 10.4. The SMILES string of the molecule is Cc1ccc(-c2nc3sc(C(=O)Nc4ccc(OC(F)(F)F)cc4)c(N)c3cc2C)cc1. The molecule has 0 atom stereocenters. The van der Waals surface area contributed by atoms with Crippen LogP contribution in [0.1, 0.15) is 20.8 Å². The Balaban J connectivity index is 1.60. The minimum absolute atomic E-state index is 0.281. The van der Waals surface area contributed by atoms with E-state index in [1.54, 1.807) is 0 Å². The van der Waals surface area contributed by atoms with E-state index in [4.69, 9.17) is 10.7 Å². The highest BCUT2D eigenvalue weighted by atomic mass is 32.1. The van der Waals surface area contributed by atoms with Gasteiger partial charge >= 0.3 is 6.36 Å². The molecular formula is C23H18F3N3O2S. The zero-order chi connectivity index (χ0) is 23.0. The Morgan fingerprint density at radius 3 is 2.34 bits per heavy atom. The maximum absolute atomic E-state index is 12.8. The number of halogens is 3. The first-order valence-electron chi connectivity index (χ1n) is 9.54. The molecule has 0 unspecified atom stereocenters. The van der Waals surface area contributed by atoms with Crippen molar-refractivity contribution in [3.63, 3.8) is 0 Å². The van der Waals surface area contributed by atoms with Gasteiger partial charge in [-0.25, -0.2) is 4.98 Å². The van der Waals surface area contributed by atoms with Crippen LogP contribution in [-0.2, 0) is 0 Å². The second-order valence-electron chi connectivity index (χ2n) is 7.24. The van der Waals surface area contributed by atoms with Crippen molar-refractivity contribution in [3.05, 3.63) is 70.6 Å². The van der Waals surface area contributed by atoms with Gasteiger partial charge in [-0.2, -0.15) is 0 Å². The van der Waals surface area contributed by atoms with E-state index in [0.717, 1.165) is 45.9 Å². The number of nitrogens with zero attached hydrogens (tertiary/aromatic N) is 1. The van der Waals surface area contributed by atoms with Gasteiger partial charge in [0.25, 0.3) is 5.91 Å². The summed E-state index contributed by atoms with van der Waals surface area (Å²) in [6.07, 6.45) is -4.78. The number of ether oxygens (including phenoxy) is 1. The molecule has 4 aromatic rings. The van der Waals surface area contributed by atoms with Crippen LogP contribution in [0.5, 0.6) is 5.75 Å². The molecule has 0 saturated carbocycles. The van der Waals surface area contributed by atoms with E-state index >= 15 is 0 Å². The smallest absolute Gasteiger partial charge is 0.406 e. The normalized spacial score (nSPS) is 11.5. The van der Waals surface area contributed by atoms with Crippen LogP contribution in [-0.4, -0.2) is 17.3 Å². The van der Waals surface area contributed by atoms with Gasteiger partial charge in [0.05, 0.1) is 11.4 Å². The molecule has 9 heteroatoms. The van der Waals surface area contributed by atoms with Crippen molar-refractivity contribution < 1.29 is 22.7 Å². The second kappa shape index (κ2) is 8.16. The maximum atomic E-state index is 12.8. The average Bonchev–Trinajstić information content (AvgIpc) is 3.04. The molecule has 0 fully saturated rings. The van der Waals surface area contributed by atoms with Gasteiger partial charge in [0, 0.05) is 16.6 Å². The topological polar surface area (TPSA) is 77.2 Å². The number of pyridine rings is 1. The lowest BCUT2D eigenvalue weighted by molar-refractivity contribution is -0.274. The molecule has 3 N–H and O–H groups in total. The lowest BCUT2D eigenvalue weighted by atomic mass is 10.0. The number of nitrogens with one attached hydrogen (secondary N) is 1. The number of fused-ring (bicyclic) bond motifs is 1. The zero-order valence-electron chi connectivity index (χ0n) is 17.1. The standard InChI is InChI=1S/C23H18F3N3O2S/c1-12-3-5-14(6-4-12)19-13(2)11-17-18(27)20(32-22(17)29-19)21(30)28-15-7-9-16(10-8-15)31-23(24,25)26/h3-11H,27H2,1-2H3,(H,28,30). The van der Waals surface area contributed by atoms with Crippen LogP contribution in [0.15, 0.2) is 54.6 Å². The number of carbonyl (C=O) groups excluding carboxylic acids is 1. The molecule has 0 bridgehead atoms. The van der Waals surface area contributed by atoms with Crippen LogP contribution in [0.2, 0.25) is 0 Å². The monoisotopic (exact) mass is 457 g/mol. The van der Waals surface area contributed by atoms with Crippen molar-refractivity contribution in [1.82, 2.24) is 4.98 Å². The van der Waals surface area contributed by atoms with Crippen LogP contribution < -0.4 is 15.8 Å². The van der Waals surface area contributed by atoms with Gasteiger partial charge in [0.2, 0.25) is 0 Å². The lowest BCUT2D eigenvalue weighted by Gasteiger charge is -2.09. The van der Waals surface area contributed by atoms with Crippen LogP contribution >= 0.6 is 11.3 Å². The van der Waals surface area contributed by atoms with Gasteiger partial charge in [0.15, 0.2) is 0 Å². The molecule has 0 saturated heterocycles. The summed E-state index contributed by atoms with van der Waals surface area (Å²) in [7, 11) is 0. The predicted molar refractivity (Wildman–Crippen MR) is 120 cm³/mol.